The number of H-pyrrole nitrogens is 1. The summed E-state index contributed by atoms with van der Waals surface area (Å²) in [6.45, 7) is 3.26. The van der Waals surface area contributed by atoms with Crippen LogP contribution in [0.4, 0.5) is 0 Å². The van der Waals surface area contributed by atoms with Crippen molar-refractivity contribution < 1.29 is 9.90 Å². The Hall–Kier alpha value is -3.05. The number of rotatable bonds is 8. The molecule has 4 rings (SSSR count). The Kier molecular flexibility index (Phi) is 5.67. The van der Waals surface area contributed by atoms with Gasteiger partial charge in [0.25, 0.3) is 5.91 Å². The second-order valence-electron chi connectivity index (χ2n) is 7.46. The molecular weight excluding hydrogens is 362 g/mol. The summed E-state index contributed by atoms with van der Waals surface area (Å²) in [4.78, 5) is 18.2. The minimum atomic E-state index is -0.979. The van der Waals surface area contributed by atoms with Crippen LogP contribution in [0.25, 0.3) is 16.5 Å². The van der Waals surface area contributed by atoms with E-state index in [1.54, 1.807) is 0 Å². The van der Waals surface area contributed by atoms with Gasteiger partial charge in [0, 0.05) is 35.8 Å². The summed E-state index contributed by atoms with van der Waals surface area (Å²) in [5.41, 5.74) is 3.96. The zero-order valence-corrected chi connectivity index (χ0v) is 16.7. The van der Waals surface area contributed by atoms with Crippen molar-refractivity contribution in [2.45, 2.75) is 39.0 Å². The van der Waals surface area contributed by atoms with E-state index in [1.807, 2.05) is 60.8 Å². The van der Waals surface area contributed by atoms with Gasteiger partial charge in [0.2, 0.25) is 0 Å². The van der Waals surface area contributed by atoms with Crippen molar-refractivity contribution in [2.75, 3.05) is 6.54 Å². The summed E-state index contributed by atoms with van der Waals surface area (Å²) in [5.74, 6) is -0.149. The Morgan fingerprint density at radius 3 is 2.62 bits per heavy atom. The molecule has 0 bridgehead atoms. The maximum Gasteiger partial charge on any atom is 0.259 e. The van der Waals surface area contributed by atoms with Crippen molar-refractivity contribution in [1.82, 2.24) is 15.2 Å². The van der Waals surface area contributed by atoms with Crippen molar-refractivity contribution >= 4 is 22.4 Å². The van der Waals surface area contributed by atoms with Crippen LogP contribution in [0, 0.1) is 0 Å². The Labute approximate surface area is 171 Å². The van der Waals surface area contributed by atoms with Gasteiger partial charge in [-0.15, -0.1) is 0 Å². The number of amides is 1. The number of aromatic nitrogens is 1. The van der Waals surface area contributed by atoms with Gasteiger partial charge in [-0.2, -0.15) is 0 Å². The maximum absolute atomic E-state index is 13.4. The van der Waals surface area contributed by atoms with Gasteiger partial charge in [-0.05, 0) is 18.1 Å². The molecule has 1 aliphatic rings. The Morgan fingerprint density at radius 2 is 1.83 bits per heavy atom. The van der Waals surface area contributed by atoms with Gasteiger partial charge in [0.15, 0.2) is 6.23 Å². The summed E-state index contributed by atoms with van der Waals surface area (Å²) in [6.07, 6.45) is 4.12. The molecule has 3 N–H and O–H groups in total. The summed E-state index contributed by atoms with van der Waals surface area (Å²) >= 11 is 0. The molecule has 0 radical (unpaired) electrons. The number of fused-ring (bicyclic) bond motifs is 1. The number of hydrogen-bond donors (Lipinski definition) is 3. The first-order valence-corrected chi connectivity index (χ1v) is 10.3. The number of unbranched alkanes of at least 4 members (excludes halogenated alkanes) is 2. The van der Waals surface area contributed by atoms with E-state index in [2.05, 4.69) is 17.2 Å². The third kappa shape index (κ3) is 3.78. The largest absolute Gasteiger partial charge is 0.384 e. The van der Waals surface area contributed by atoms with E-state index in [0.29, 0.717) is 17.8 Å². The van der Waals surface area contributed by atoms with Gasteiger partial charge >= 0.3 is 0 Å². The van der Waals surface area contributed by atoms with Crippen molar-refractivity contribution in [3.63, 3.8) is 0 Å². The highest BCUT2D eigenvalue weighted by atomic mass is 16.3. The van der Waals surface area contributed by atoms with Gasteiger partial charge in [0.1, 0.15) is 0 Å². The number of nitrogens with zero attached hydrogens (tertiary/aromatic N) is 1. The monoisotopic (exact) mass is 389 g/mol. The van der Waals surface area contributed by atoms with Gasteiger partial charge < -0.3 is 20.3 Å². The molecule has 1 atom stereocenters. The van der Waals surface area contributed by atoms with Gasteiger partial charge in [-0.1, -0.05) is 68.3 Å². The molecule has 2 heterocycles. The molecule has 0 saturated carbocycles. The lowest BCUT2D eigenvalue weighted by Crippen LogP contribution is -2.37. The normalized spacial score (nSPS) is 16.8. The van der Waals surface area contributed by atoms with E-state index >= 15 is 0 Å². The van der Waals surface area contributed by atoms with Crippen molar-refractivity contribution in [3.05, 3.63) is 77.6 Å². The smallest absolute Gasteiger partial charge is 0.259 e. The van der Waals surface area contributed by atoms with Crippen LogP contribution in [-0.2, 0) is 11.3 Å². The number of aromatic amines is 1. The summed E-state index contributed by atoms with van der Waals surface area (Å²) < 4.78 is 0. The van der Waals surface area contributed by atoms with Crippen LogP contribution < -0.4 is 5.32 Å². The summed E-state index contributed by atoms with van der Waals surface area (Å²) in [7, 11) is 0. The number of para-hydroxylation sites is 1. The topological polar surface area (TPSA) is 68.4 Å². The molecule has 150 valence electrons. The fourth-order valence-corrected chi connectivity index (χ4v) is 3.91. The highest BCUT2D eigenvalue weighted by molar-refractivity contribution is 6.25. The van der Waals surface area contributed by atoms with E-state index in [0.717, 1.165) is 47.8 Å². The van der Waals surface area contributed by atoms with Gasteiger partial charge in [-0.25, -0.2) is 0 Å². The van der Waals surface area contributed by atoms with Crippen LogP contribution >= 0.6 is 0 Å². The Bertz CT molecular complexity index is 1020. The molecule has 29 heavy (non-hydrogen) atoms. The van der Waals surface area contributed by atoms with Crippen LogP contribution in [0.2, 0.25) is 0 Å². The molecule has 1 aromatic heterocycles. The van der Waals surface area contributed by atoms with E-state index in [4.69, 9.17) is 0 Å². The average molecular weight is 389 g/mol. The number of aliphatic hydroxyl groups is 1. The van der Waals surface area contributed by atoms with E-state index in [9.17, 15) is 9.90 Å². The zero-order chi connectivity index (χ0) is 20.2. The molecule has 1 aliphatic heterocycles. The fourth-order valence-electron chi connectivity index (χ4n) is 3.91. The molecule has 0 fully saturated rings. The first kappa shape index (κ1) is 19.3. The molecule has 3 aromatic rings. The van der Waals surface area contributed by atoms with Crippen molar-refractivity contribution in [3.8, 4) is 0 Å². The lowest BCUT2D eigenvalue weighted by molar-refractivity contribution is -0.131. The summed E-state index contributed by atoms with van der Waals surface area (Å²) in [5, 5.41) is 15.4. The first-order chi connectivity index (χ1) is 14.2. The number of carbonyl (C=O) groups is 1. The molecular formula is C24H27N3O2. The van der Waals surface area contributed by atoms with Crippen LogP contribution in [0.5, 0.6) is 0 Å². The number of aliphatic hydroxyl groups excluding tert-OH is 1. The zero-order valence-electron chi connectivity index (χ0n) is 16.7. The molecule has 2 aromatic carbocycles. The minimum absolute atomic E-state index is 0.149. The van der Waals surface area contributed by atoms with Crippen molar-refractivity contribution in [2.24, 2.45) is 0 Å². The number of nitrogens with one attached hydrogen (secondary N) is 2. The van der Waals surface area contributed by atoms with Crippen LogP contribution in [0.1, 0.15) is 37.3 Å². The molecule has 1 unspecified atom stereocenters. The van der Waals surface area contributed by atoms with E-state index in [-0.39, 0.29) is 5.91 Å². The quantitative estimate of drug-likeness (QED) is 0.510. The average Bonchev–Trinajstić information content (AvgIpc) is 3.26. The Balaban J connectivity index is 1.70. The molecule has 0 aliphatic carbocycles. The number of hydrogen-bond acceptors (Lipinski definition) is 3. The molecule has 1 amide bonds. The minimum Gasteiger partial charge on any atom is -0.384 e. The third-order valence-corrected chi connectivity index (χ3v) is 5.45. The second kappa shape index (κ2) is 8.53. The first-order valence-electron chi connectivity index (χ1n) is 10.3. The second-order valence-corrected chi connectivity index (χ2v) is 7.46. The van der Waals surface area contributed by atoms with Gasteiger partial charge in [0.05, 0.1) is 11.3 Å². The lowest BCUT2D eigenvalue weighted by Gasteiger charge is -2.23. The molecule has 0 spiro atoms. The lowest BCUT2D eigenvalue weighted by atomic mass is 10.0. The predicted octanol–water partition coefficient (Wildman–Crippen LogP) is 4.02. The third-order valence-electron chi connectivity index (χ3n) is 5.45. The van der Waals surface area contributed by atoms with E-state index < -0.39 is 6.23 Å². The Morgan fingerprint density at radius 1 is 1.07 bits per heavy atom. The number of benzene rings is 2. The maximum atomic E-state index is 13.4. The van der Waals surface area contributed by atoms with E-state index in [1.165, 1.54) is 4.90 Å². The fraction of sp³-hybridized carbons (Fsp3) is 0.292. The summed E-state index contributed by atoms with van der Waals surface area (Å²) in [6, 6.07) is 17.7. The predicted molar refractivity (Wildman–Crippen MR) is 116 cm³/mol. The highest BCUT2D eigenvalue weighted by Crippen LogP contribution is 2.35. The molecule has 5 nitrogen and oxygen atoms in total. The highest BCUT2D eigenvalue weighted by Gasteiger charge is 2.39. The van der Waals surface area contributed by atoms with Gasteiger partial charge in [-0.3, -0.25) is 4.79 Å². The number of carbonyl (C=O) groups excluding carboxylic acids is 1. The standard InChI is InChI=1S/C24H27N3O2/c1-2-3-9-14-25-22-21(19-15-26-20-13-8-7-12-18(19)20)23(28)27(24(22)29)16-17-10-5-4-6-11-17/h4-8,10-13,15,24-26,29H,2-3,9,14,16H2,1H3. The molecule has 0 saturated heterocycles. The SMILES string of the molecule is CCCCCNC1=C(c2c[nH]c3ccccc23)C(=O)N(Cc2ccccc2)C1O. The molecule has 5 heteroatoms. The van der Waals surface area contributed by atoms with Crippen LogP contribution in [0.3, 0.4) is 0 Å². The van der Waals surface area contributed by atoms with Crippen LogP contribution in [0.15, 0.2) is 66.5 Å². The van der Waals surface area contributed by atoms with Crippen LogP contribution in [-0.4, -0.2) is 33.7 Å². The van der Waals surface area contributed by atoms with Crippen molar-refractivity contribution in [1.29, 1.82) is 0 Å².